The summed E-state index contributed by atoms with van der Waals surface area (Å²) in [6.07, 6.45) is 8.86. The quantitative estimate of drug-likeness (QED) is 0.0556. The second-order valence-electron chi connectivity index (χ2n) is 23.9. The first-order valence-electron chi connectivity index (χ1n) is 26.3. The molecule has 7 aliphatic carbocycles. The van der Waals surface area contributed by atoms with Gasteiger partial charge < -0.3 is 57.1 Å². The number of carbonyl (C=O) groups is 3. The number of ketones is 2. The van der Waals surface area contributed by atoms with E-state index in [2.05, 4.69) is 47.1 Å². The number of aliphatic hydroxyl groups excluding tert-OH is 4. The second-order valence-corrected chi connectivity index (χ2v) is 23.9. The summed E-state index contributed by atoms with van der Waals surface area (Å²) < 4.78 is 5.90. The molecule has 0 unspecified atom stereocenters. The summed E-state index contributed by atoms with van der Waals surface area (Å²) in [5.41, 5.74) is 8.75. The maximum Gasteiger partial charge on any atom is 0.313 e. The van der Waals surface area contributed by atoms with Crippen molar-refractivity contribution in [3.8, 4) is 11.8 Å². The van der Waals surface area contributed by atoms with E-state index >= 15 is 4.79 Å². The van der Waals surface area contributed by atoms with Gasteiger partial charge in [0.2, 0.25) is 0 Å². The molecule has 15 heteroatoms. The van der Waals surface area contributed by atoms with E-state index in [1.54, 1.807) is 6.92 Å². The number of H-pyrrole nitrogens is 1. The molecular formula is C55H79N5O10. The van der Waals surface area contributed by atoms with Gasteiger partial charge in [0.1, 0.15) is 6.04 Å². The van der Waals surface area contributed by atoms with Gasteiger partial charge in [-0.15, -0.1) is 5.92 Å². The molecule has 9 rings (SSSR count). The molecule has 1 aromatic rings. The van der Waals surface area contributed by atoms with Crippen molar-refractivity contribution >= 4 is 23.5 Å². The first-order chi connectivity index (χ1) is 33.2. The van der Waals surface area contributed by atoms with Crippen molar-refractivity contribution in [1.29, 1.82) is 0 Å². The zero-order valence-electron chi connectivity index (χ0n) is 41.8. The Morgan fingerprint density at radius 2 is 1.79 bits per heavy atom. The van der Waals surface area contributed by atoms with Gasteiger partial charge in [0, 0.05) is 54.4 Å². The summed E-state index contributed by atoms with van der Waals surface area (Å²) in [6, 6.07) is 0.750. The topological polar surface area (TPSA) is 274 Å². The Bertz CT molecular complexity index is 2330. The SMILES string of the molecule is CC(=O)[C@H](CO)NC1=C2[C@H](CC[C@]3(CCN=C(N)N)[C@@H]4[C@@H](CC#C[C@H]([C@@H]5COC(=O)[C@H]5c5cc[nH]c5)C[C@@H]5[C@@H](CC=C6CC[C@H](C)C[C@H]65)[C@H](C)C[C@@H](O)[C@]4(C)O)C[C@@]23O)[C@@]2(C)C[C@H](O)[C@H](O)C[C@H]2C1=O. The van der Waals surface area contributed by atoms with Crippen LogP contribution in [0.5, 0.6) is 0 Å². The minimum Gasteiger partial charge on any atom is -0.465 e. The molecule has 70 heavy (non-hydrogen) atoms. The molecule has 0 aromatic carbocycles. The molecule has 5 fully saturated rings. The normalized spacial score (nSPS) is 45.2. The molecule has 1 aliphatic heterocycles. The van der Waals surface area contributed by atoms with Gasteiger partial charge in [-0.3, -0.25) is 19.4 Å². The van der Waals surface area contributed by atoms with Crippen LogP contribution in [-0.2, 0) is 19.1 Å². The van der Waals surface area contributed by atoms with Crippen LogP contribution in [0, 0.1) is 87.8 Å². The Labute approximate surface area is 412 Å². The zero-order chi connectivity index (χ0) is 50.2. The van der Waals surface area contributed by atoms with E-state index in [0.29, 0.717) is 30.3 Å². The zero-order valence-corrected chi connectivity index (χ0v) is 41.8. The average Bonchev–Trinajstić information content (AvgIpc) is 4.03. The lowest BCUT2D eigenvalue weighted by molar-refractivity contribution is -0.190. The third-order valence-electron chi connectivity index (χ3n) is 20.1. The lowest BCUT2D eigenvalue weighted by Gasteiger charge is -2.62. The van der Waals surface area contributed by atoms with E-state index in [9.17, 15) is 40.2 Å². The van der Waals surface area contributed by atoms with E-state index < -0.39 is 94.1 Å². The first kappa shape index (κ1) is 50.9. The van der Waals surface area contributed by atoms with Crippen LogP contribution in [0.2, 0.25) is 0 Å². The first-order valence-corrected chi connectivity index (χ1v) is 26.3. The monoisotopic (exact) mass is 970 g/mol. The number of allylic oxidation sites excluding steroid dienone is 3. The third kappa shape index (κ3) is 8.38. The Morgan fingerprint density at radius 1 is 1.01 bits per heavy atom. The lowest BCUT2D eigenvalue weighted by Crippen LogP contribution is -2.66. The second kappa shape index (κ2) is 19.1. The molecule has 0 bridgehead atoms. The van der Waals surface area contributed by atoms with Crippen molar-refractivity contribution in [2.24, 2.45) is 92.4 Å². The van der Waals surface area contributed by atoms with Crippen molar-refractivity contribution in [1.82, 2.24) is 10.3 Å². The maximum atomic E-state index is 15.2. The molecular weight excluding hydrogens is 891 g/mol. The summed E-state index contributed by atoms with van der Waals surface area (Å²) in [6.45, 7) is 9.14. The molecule has 4 saturated carbocycles. The van der Waals surface area contributed by atoms with E-state index in [1.165, 1.54) is 12.5 Å². The number of Topliss-reactive ketones (excluding diaryl/α,β-unsaturated/α-hetero) is 2. The standard InChI is InChI=1S/C55H79N5O10/c1-28-9-10-31-11-12-35-29(2)20-44(65)53(5,68)49-33(8-6-7-32(21-37(35)36(31)19-28)38-27-70-50(67)45(38)34-14-17-58-25-34)23-55(69)46-39(13-15-54(49,55)16-18-59-51(56)57)52(4)24-43(64)42(63)22-40(52)48(66)47(46)60-41(26-61)30(3)62/h11,14,17,25,28-29,32-33,35-45,49,58,60-61,63-65,68-69H,8-10,12-13,15-16,18-24,26-27H2,1-5H3,(H4,56,57,59)/t28-,29+,32-,33-,35-,36+,37+,38-,39-,40-,41-,42+,43-,44+,45-,49+,52+,53-,54-,55+/m0/s1. The predicted molar refractivity (Wildman–Crippen MR) is 262 cm³/mol. The lowest BCUT2D eigenvalue weighted by atomic mass is 9.44. The predicted octanol–water partition coefficient (Wildman–Crippen LogP) is 3.76. The smallest absolute Gasteiger partial charge is 0.313 e. The highest BCUT2D eigenvalue weighted by molar-refractivity contribution is 6.00. The van der Waals surface area contributed by atoms with Gasteiger partial charge in [0.25, 0.3) is 0 Å². The van der Waals surface area contributed by atoms with Crippen molar-refractivity contribution in [2.75, 3.05) is 19.8 Å². The molecule has 8 aliphatic rings. The molecule has 0 spiro atoms. The molecule has 12 N–H and O–H groups in total. The Hall–Kier alpha value is -4.04. The van der Waals surface area contributed by atoms with Gasteiger partial charge in [-0.2, -0.15) is 0 Å². The highest BCUT2D eigenvalue weighted by atomic mass is 16.5. The fourth-order valence-corrected chi connectivity index (χ4v) is 16.7. The molecule has 1 aromatic heterocycles. The summed E-state index contributed by atoms with van der Waals surface area (Å²) in [7, 11) is 0. The highest BCUT2D eigenvalue weighted by Crippen LogP contribution is 2.72. The van der Waals surface area contributed by atoms with Crippen LogP contribution < -0.4 is 16.8 Å². The highest BCUT2D eigenvalue weighted by Gasteiger charge is 2.74. The molecule has 1 saturated heterocycles. The van der Waals surface area contributed by atoms with E-state index in [-0.39, 0.29) is 98.9 Å². The van der Waals surface area contributed by atoms with Crippen molar-refractivity contribution in [3.63, 3.8) is 0 Å². The van der Waals surface area contributed by atoms with Crippen LogP contribution in [0.1, 0.15) is 130 Å². The van der Waals surface area contributed by atoms with Crippen molar-refractivity contribution < 1.29 is 49.8 Å². The number of cyclic esters (lactones) is 1. The van der Waals surface area contributed by atoms with E-state index in [4.69, 9.17) is 16.2 Å². The summed E-state index contributed by atoms with van der Waals surface area (Å²) in [5, 5.41) is 76.6. The van der Waals surface area contributed by atoms with Crippen LogP contribution >= 0.6 is 0 Å². The van der Waals surface area contributed by atoms with Crippen LogP contribution in [-0.4, -0.2) is 114 Å². The van der Waals surface area contributed by atoms with Gasteiger partial charge in [0.15, 0.2) is 17.5 Å². The number of rotatable bonds is 9. The van der Waals surface area contributed by atoms with Crippen LogP contribution in [0.25, 0.3) is 0 Å². The Kier molecular flexibility index (Phi) is 13.9. The number of carbonyl (C=O) groups excluding carboxylic acids is 3. The fourth-order valence-electron chi connectivity index (χ4n) is 16.7. The number of fused-ring (bicyclic) bond motifs is 10. The van der Waals surface area contributed by atoms with Gasteiger partial charge in [0.05, 0.1) is 54.3 Å². The number of nitrogens with two attached hydrogens (primary N) is 2. The number of aliphatic imine (C=N–C) groups is 1. The fraction of sp³-hybridized carbons (Fsp3) is 0.745. The summed E-state index contributed by atoms with van der Waals surface area (Å²) in [5.74, 6) is 3.64. The number of aromatic nitrogens is 1. The molecule has 0 radical (unpaired) electrons. The number of aromatic amines is 1. The number of guanidine groups is 1. The van der Waals surface area contributed by atoms with Crippen LogP contribution in [0.3, 0.4) is 0 Å². The molecule has 2 heterocycles. The summed E-state index contributed by atoms with van der Waals surface area (Å²) in [4.78, 5) is 49.6. The van der Waals surface area contributed by atoms with Gasteiger partial charge in [-0.05, 0) is 155 Å². The maximum absolute atomic E-state index is 15.2. The van der Waals surface area contributed by atoms with Crippen molar-refractivity contribution in [3.05, 3.63) is 46.9 Å². The number of ether oxygens (including phenoxy) is 1. The third-order valence-corrected chi connectivity index (χ3v) is 20.1. The number of hydrogen-bond acceptors (Lipinski definition) is 12. The van der Waals surface area contributed by atoms with Crippen LogP contribution in [0.15, 0.2) is 46.4 Å². The van der Waals surface area contributed by atoms with Crippen molar-refractivity contribution in [2.45, 2.75) is 160 Å². The largest absolute Gasteiger partial charge is 0.465 e. The molecule has 20 atom stereocenters. The minimum atomic E-state index is -1.89. The number of hydrogen-bond donors (Lipinski definition) is 10. The Balaban J connectivity index is 1.23. The molecule has 15 nitrogen and oxygen atoms in total. The van der Waals surface area contributed by atoms with E-state index in [0.717, 1.165) is 37.7 Å². The van der Waals surface area contributed by atoms with Gasteiger partial charge in [-0.1, -0.05) is 38.3 Å². The van der Waals surface area contributed by atoms with Gasteiger partial charge >= 0.3 is 5.97 Å². The summed E-state index contributed by atoms with van der Waals surface area (Å²) >= 11 is 0. The number of aliphatic hydroxyl groups is 6. The number of nitrogens with zero attached hydrogens (tertiary/aromatic N) is 1. The number of nitrogens with one attached hydrogen (secondary N) is 2. The molecule has 0 amide bonds. The molecule has 384 valence electrons. The number of esters is 1. The Morgan fingerprint density at radius 3 is 2.49 bits per heavy atom. The van der Waals surface area contributed by atoms with E-state index in [1.807, 2.05) is 25.4 Å². The minimum absolute atomic E-state index is 0.0157. The average molecular weight is 970 g/mol. The van der Waals surface area contributed by atoms with Crippen LogP contribution in [0.4, 0.5) is 0 Å². The van der Waals surface area contributed by atoms with Gasteiger partial charge in [-0.25, -0.2) is 0 Å².